The molecule has 1 unspecified atom stereocenters. The maximum absolute atomic E-state index is 13.7. The molecule has 7 heteroatoms. The summed E-state index contributed by atoms with van der Waals surface area (Å²) in [6, 6.07) is 8.96. The highest BCUT2D eigenvalue weighted by Gasteiger charge is 2.21. The number of ether oxygens (including phenoxy) is 1. The number of nitrogens with zero attached hydrogens (tertiary/aromatic N) is 1. The SMILES string of the molecule is Cc1cc(C(O)CCc2sc(-c3cc(F)cc(F)c3)nc2C(C)C)ccc1OC(C)(C)CO. The first-order valence-electron chi connectivity index (χ1n) is 11.0. The molecule has 0 saturated carbocycles. The first kappa shape index (κ1) is 25.3. The number of aromatic nitrogens is 1. The first-order valence-corrected chi connectivity index (χ1v) is 11.9. The van der Waals surface area contributed by atoms with Crippen LogP contribution in [-0.2, 0) is 6.42 Å². The van der Waals surface area contributed by atoms with Gasteiger partial charge in [-0.25, -0.2) is 13.8 Å². The van der Waals surface area contributed by atoms with Crippen molar-refractivity contribution >= 4 is 11.3 Å². The van der Waals surface area contributed by atoms with Crippen LogP contribution in [0.5, 0.6) is 5.75 Å². The van der Waals surface area contributed by atoms with Gasteiger partial charge in [-0.2, -0.15) is 0 Å². The maximum atomic E-state index is 13.7. The van der Waals surface area contributed by atoms with E-state index in [4.69, 9.17) is 4.74 Å². The van der Waals surface area contributed by atoms with Crippen molar-refractivity contribution in [1.29, 1.82) is 0 Å². The van der Waals surface area contributed by atoms with E-state index in [1.807, 2.05) is 52.8 Å². The molecule has 4 nitrogen and oxygen atoms in total. The van der Waals surface area contributed by atoms with Gasteiger partial charge < -0.3 is 14.9 Å². The smallest absolute Gasteiger partial charge is 0.126 e. The Morgan fingerprint density at radius 1 is 1.09 bits per heavy atom. The summed E-state index contributed by atoms with van der Waals surface area (Å²) in [6.07, 6.45) is 0.403. The highest BCUT2D eigenvalue weighted by molar-refractivity contribution is 7.15. The molecule has 178 valence electrons. The Morgan fingerprint density at radius 3 is 2.33 bits per heavy atom. The molecule has 3 aromatic rings. The summed E-state index contributed by atoms with van der Waals surface area (Å²) >= 11 is 1.41. The summed E-state index contributed by atoms with van der Waals surface area (Å²) in [5, 5.41) is 20.8. The van der Waals surface area contributed by atoms with Gasteiger partial charge in [0.2, 0.25) is 0 Å². The molecule has 1 aromatic heterocycles. The van der Waals surface area contributed by atoms with E-state index in [1.54, 1.807) is 0 Å². The molecule has 0 aliphatic rings. The van der Waals surface area contributed by atoms with Gasteiger partial charge >= 0.3 is 0 Å². The lowest BCUT2D eigenvalue weighted by Crippen LogP contribution is -2.32. The van der Waals surface area contributed by atoms with E-state index in [9.17, 15) is 19.0 Å². The Kier molecular flexibility index (Phi) is 7.88. The fourth-order valence-corrected chi connectivity index (χ4v) is 4.77. The lowest BCUT2D eigenvalue weighted by Gasteiger charge is -2.25. The number of aliphatic hydroxyl groups is 2. The molecule has 0 fully saturated rings. The van der Waals surface area contributed by atoms with Crippen LogP contribution >= 0.6 is 11.3 Å². The molecule has 33 heavy (non-hydrogen) atoms. The van der Waals surface area contributed by atoms with Crippen molar-refractivity contribution in [3.63, 3.8) is 0 Å². The van der Waals surface area contributed by atoms with E-state index in [1.165, 1.54) is 23.5 Å². The largest absolute Gasteiger partial charge is 0.485 e. The number of hydrogen-bond acceptors (Lipinski definition) is 5. The zero-order valence-corrected chi connectivity index (χ0v) is 20.5. The molecular weight excluding hydrogens is 444 g/mol. The van der Waals surface area contributed by atoms with E-state index < -0.39 is 23.3 Å². The van der Waals surface area contributed by atoms with E-state index in [-0.39, 0.29) is 12.5 Å². The quantitative estimate of drug-likeness (QED) is 0.379. The second-order valence-corrected chi connectivity index (χ2v) is 10.3. The summed E-state index contributed by atoms with van der Waals surface area (Å²) in [5.74, 6) is -0.447. The summed E-state index contributed by atoms with van der Waals surface area (Å²) in [4.78, 5) is 5.65. The van der Waals surface area contributed by atoms with Crippen molar-refractivity contribution < 1.29 is 23.7 Å². The number of halogens is 2. The van der Waals surface area contributed by atoms with Crippen molar-refractivity contribution in [2.75, 3.05) is 6.61 Å². The van der Waals surface area contributed by atoms with Gasteiger partial charge in [0, 0.05) is 16.5 Å². The number of benzene rings is 2. The molecular formula is C26H31F2NO3S. The molecule has 0 radical (unpaired) electrons. The second kappa shape index (κ2) is 10.3. The zero-order chi connectivity index (χ0) is 24.3. The summed E-state index contributed by atoms with van der Waals surface area (Å²) < 4.78 is 33.2. The molecule has 3 rings (SSSR count). The fourth-order valence-electron chi connectivity index (χ4n) is 3.55. The van der Waals surface area contributed by atoms with Gasteiger partial charge in [0.05, 0.1) is 18.4 Å². The monoisotopic (exact) mass is 475 g/mol. The Hall–Kier alpha value is -2.35. The Bertz CT molecular complexity index is 1090. The Balaban J connectivity index is 1.76. The normalized spacial score (nSPS) is 12.9. The van der Waals surface area contributed by atoms with E-state index in [0.717, 1.165) is 27.8 Å². The van der Waals surface area contributed by atoms with Crippen molar-refractivity contribution in [1.82, 2.24) is 4.98 Å². The summed E-state index contributed by atoms with van der Waals surface area (Å²) in [5.41, 5.74) is 2.28. The van der Waals surface area contributed by atoms with Crippen LogP contribution in [0.1, 0.15) is 67.8 Å². The minimum Gasteiger partial charge on any atom is -0.485 e. The molecule has 0 amide bonds. The van der Waals surface area contributed by atoms with Gasteiger partial charge in [-0.3, -0.25) is 0 Å². The van der Waals surface area contributed by atoms with Crippen LogP contribution in [0.4, 0.5) is 8.78 Å². The lowest BCUT2D eigenvalue weighted by molar-refractivity contribution is 0.0406. The minimum absolute atomic E-state index is 0.103. The molecule has 2 aromatic carbocycles. The number of rotatable bonds is 9. The highest BCUT2D eigenvalue weighted by Crippen LogP contribution is 2.35. The molecule has 0 aliphatic carbocycles. The molecule has 0 aliphatic heterocycles. The van der Waals surface area contributed by atoms with Crippen LogP contribution in [0, 0.1) is 18.6 Å². The van der Waals surface area contributed by atoms with Crippen molar-refractivity contribution in [2.24, 2.45) is 0 Å². The molecule has 2 N–H and O–H groups in total. The highest BCUT2D eigenvalue weighted by atomic mass is 32.1. The van der Waals surface area contributed by atoms with Crippen LogP contribution < -0.4 is 4.74 Å². The molecule has 0 bridgehead atoms. The van der Waals surface area contributed by atoms with Crippen LogP contribution in [-0.4, -0.2) is 27.4 Å². The Labute approximate surface area is 197 Å². The predicted octanol–water partition coefficient (Wildman–Crippen LogP) is 6.34. The van der Waals surface area contributed by atoms with Gasteiger partial charge in [0.1, 0.15) is 28.0 Å². The third kappa shape index (κ3) is 6.37. The van der Waals surface area contributed by atoms with Crippen molar-refractivity contribution in [3.05, 3.63) is 69.7 Å². The molecule has 1 atom stereocenters. The minimum atomic E-state index is -0.688. The molecule has 0 saturated heterocycles. The molecule has 0 spiro atoms. The van der Waals surface area contributed by atoms with Crippen LogP contribution in [0.3, 0.4) is 0 Å². The van der Waals surface area contributed by atoms with Gasteiger partial charge in [-0.15, -0.1) is 11.3 Å². The van der Waals surface area contributed by atoms with Crippen molar-refractivity contribution in [2.45, 2.75) is 65.1 Å². The van der Waals surface area contributed by atoms with Gasteiger partial charge in [0.15, 0.2) is 0 Å². The molecule has 1 heterocycles. The first-order chi connectivity index (χ1) is 15.5. The predicted molar refractivity (Wildman–Crippen MR) is 128 cm³/mol. The average molecular weight is 476 g/mol. The number of aliphatic hydroxyl groups excluding tert-OH is 2. The third-order valence-corrected chi connectivity index (χ3v) is 6.56. The topological polar surface area (TPSA) is 62.6 Å². The maximum Gasteiger partial charge on any atom is 0.126 e. The van der Waals surface area contributed by atoms with Crippen LogP contribution in [0.2, 0.25) is 0 Å². The van der Waals surface area contributed by atoms with E-state index >= 15 is 0 Å². The summed E-state index contributed by atoms with van der Waals surface area (Å²) in [6.45, 7) is 9.48. The third-order valence-electron chi connectivity index (χ3n) is 5.38. The second-order valence-electron chi connectivity index (χ2n) is 9.24. The number of thiazole rings is 1. The van der Waals surface area contributed by atoms with Gasteiger partial charge in [-0.05, 0) is 74.9 Å². The lowest BCUT2D eigenvalue weighted by atomic mass is 10.00. The average Bonchev–Trinajstić information content (AvgIpc) is 3.17. The van der Waals surface area contributed by atoms with Gasteiger partial charge in [0.25, 0.3) is 0 Å². The van der Waals surface area contributed by atoms with Gasteiger partial charge in [-0.1, -0.05) is 19.9 Å². The van der Waals surface area contributed by atoms with E-state index in [2.05, 4.69) is 4.98 Å². The number of hydrogen-bond donors (Lipinski definition) is 2. The standard InChI is InChI=1S/C26H31F2NO3S/c1-15(2)24-23(33-25(29-24)18-11-19(27)13-20(28)12-18)9-7-21(31)17-6-8-22(16(3)10-17)32-26(4,5)14-30/h6,8,10-13,15,21,30-31H,7,9,14H2,1-5H3. The number of aryl methyl sites for hydroxylation is 2. The zero-order valence-electron chi connectivity index (χ0n) is 19.7. The van der Waals surface area contributed by atoms with Crippen molar-refractivity contribution in [3.8, 4) is 16.3 Å². The van der Waals surface area contributed by atoms with E-state index in [0.29, 0.717) is 29.2 Å². The Morgan fingerprint density at radius 2 is 1.76 bits per heavy atom. The van der Waals surface area contributed by atoms with Crippen LogP contribution in [0.15, 0.2) is 36.4 Å². The fraction of sp³-hybridized carbons (Fsp3) is 0.423. The summed E-state index contributed by atoms with van der Waals surface area (Å²) in [7, 11) is 0. The van der Waals surface area contributed by atoms with Crippen LogP contribution in [0.25, 0.3) is 10.6 Å².